The Hall–Kier alpha value is -2.06. The number of rotatable bonds is 8. The minimum atomic E-state index is -3.67. The summed E-state index contributed by atoms with van der Waals surface area (Å²) in [6.45, 7) is 4.74. The molecule has 2 aromatic rings. The first-order valence-corrected chi connectivity index (χ1v) is 8.70. The van der Waals surface area contributed by atoms with E-state index >= 15 is 0 Å². The van der Waals surface area contributed by atoms with Crippen molar-refractivity contribution in [1.82, 2.24) is 9.78 Å². The third-order valence-corrected chi connectivity index (χ3v) is 4.46. The van der Waals surface area contributed by atoms with Crippen LogP contribution in [0.1, 0.15) is 19.9 Å². The largest absolute Gasteiger partial charge is 0.491 e. The molecule has 7 nitrogen and oxygen atoms in total. The monoisotopic (exact) mass is 339 g/mol. The highest BCUT2D eigenvalue weighted by Crippen LogP contribution is 2.20. The Labute approximate surface area is 136 Å². The average molecular weight is 339 g/mol. The summed E-state index contributed by atoms with van der Waals surface area (Å²) >= 11 is 0. The molecule has 2 rings (SSSR count). The van der Waals surface area contributed by atoms with Crippen LogP contribution in [-0.2, 0) is 14.8 Å². The topological polar surface area (TPSA) is 82.4 Å². The first-order chi connectivity index (χ1) is 10.9. The van der Waals surface area contributed by atoms with Crippen molar-refractivity contribution in [3.8, 4) is 5.75 Å². The summed E-state index contributed by atoms with van der Waals surface area (Å²) < 4.78 is 39.3. The van der Waals surface area contributed by atoms with Gasteiger partial charge in [0.2, 0.25) is 0 Å². The van der Waals surface area contributed by atoms with Crippen molar-refractivity contribution in [1.29, 1.82) is 0 Å². The van der Waals surface area contributed by atoms with E-state index in [1.807, 2.05) is 13.8 Å². The van der Waals surface area contributed by atoms with Gasteiger partial charge in [-0.25, -0.2) is 13.1 Å². The molecule has 1 heterocycles. The third-order valence-electron chi connectivity index (χ3n) is 3.09. The van der Waals surface area contributed by atoms with Gasteiger partial charge in [-0.1, -0.05) is 0 Å². The van der Waals surface area contributed by atoms with Gasteiger partial charge < -0.3 is 9.47 Å². The Morgan fingerprint density at radius 2 is 1.87 bits per heavy atom. The molecule has 0 unspecified atom stereocenters. The normalized spacial score (nSPS) is 11.7. The predicted molar refractivity (Wildman–Crippen MR) is 87.2 cm³/mol. The highest BCUT2D eigenvalue weighted by molar-refractivity contribution is 7.92. The SMILES string of the molecule is COCCOc1ccc(S(=O)(=O)Nc2ccnn2C(C)C)cc1. The molecule has 0 bridgehead atoms. The van der Waals surface area contributed by atoms with Crippen LogP contribution in [0.5, 0.6) is 5.75 Å². The van der Waals surface area contributed by atoms with Gasteiger partial charge in [0.1, 0.15) is 18.2 Å². The smallest absolute Gasteiger partial charge is 0.263 e. The molecule has 0 aliphatic heterocycles. The highest BCUT2D eigenvalue weighted by Gasteiger charge is 2.17. The van der Waals surface area contributed by atoms with E-state index in [1.54, 1.807) is 36.2 Å². The van der Waals surface area contributed by atoms with Crippen LogP contribution in [0.2, 0.25) is 0 Å². The first-order valence-electron chi connectivity index (χ1n) is 7.22. The maximum Gasteiger partial charge on any atom is 0.263 e. The molecule has 0 radical (unpaired) electrons. The molecule has 23 heavy (non-hydrogen) atoms. The number of hydrogen-bond donors (Lipinski definition) is 1. The molecule has 0 aliphatic rings. The van der Waals surface area contributed by atoms with Crippen LogP contribution in [0.3, 0.4) is 0 Å². The number of nitrogens with one attached hydrogen (secondary N) is 1. The lowest BCUT2D eigenvalue weighted by Crippen LogP contribution is -2.17. The summed E-state index contributed by atoms with van der Waals surface area (Å²) in [5.41, 5.74) is 0. The van der Waals surface area contributed by atoms with Crippen molar-refractivity contribution in [2.75, 3.05) is 25.0 Å². The molecule has 126 valence electrons. The zero-order valence-electron chi connectivity index (χ0n) is 13.4. The third kappa shape index (κ3) is 4.46. The fourth-order valence-corrected chi connectivity index (χ4v) is 3.01. The van der Waals surface area contributed by atoms with Gasteiger partial charge in [-0.15, -0.1) is 0 Å². The quantitative estimate of drug-likeness (QED) is 0.746. The standard InChI is InChI=1S/C15H21N3O4S/c1-12(2)18-15(8-9-16-18)17-23(19,20)14-6-4-13(5-7-14)22-11-10-21-3/h4-9,12,17H,10-11H2,1-3H3. The lowest BCUT2D eigenvalue weighted by atomic mass is 10.3. The van der Waals surface area contributed by atoms with Gasteiger partial charge in [-0.3, -0.25) is 4.72 Å². The number of anilines is 1. The van der Waals surface area contributed by atoms with Gasteiger partial charge in [0.15, 0.2) is 0 Å². The molecule has 0 saturated heterocycles. The average Bonchev–Trinajstić information content (AvgIpc) is 2.96. The van der Waals surface area contributed by atoms with Crippen LogP contribution < -0.4 is 9.46 Å². The highest BCUT2D eigenvalue weighted by atomic mass is 32.2. The minimum Gasteiger partial charge on any atom is -0.491 e. The van der Waals surface area contributed by atoms with Gasteiger partial charge in [0.25, 0.3) is 10.0 Å². The first kappa shape index (κ1) is 17.3. The number of benzene rings is 1. The molecule has 0 saturated carbocycles. The molecular formula is C15H21N3O4S. The lowest BCUT2D eigenvalue weighted by Gasteiger charge is -2.13. The van der Waals surface area contributed by atoms with Crippen LogP contribution in [-0.4, -0.2) is 38.5 Å². The summed E-state index contributed by atoms with van der Waals surface area (Å²) in [5.74, 6) is 1.02. The fraction of sp³-hybridized carbons (Fsp3) is 0.400. The van der Waals surface area contributed by atoms with Gasteiger partial charge in [0.05, 0.1) is 17.7 Å². The summed E-state index contributed by atoms with van der Waals surface area (Å²) in [7, 11) is -2.08. The van der Waals surface area contributed by atoms with Crippen molar-refractivity contribution in [3.05, 3.63) is 36.5 Å². The lowest BCUT2D eigenvalue weighted by molar-refractivity contribution is 0.146. The molecule has 0 fully saturated rings. The number of methoxy groups -OCH3 is 1. The summed E-state index contributed by atoms with van der Waals surface area (Å²) in [5, 5.41) is 4.11. The van der Waals surface area contributed by atoms with E-state index < -0.39 is 10.0 Å². The molecular weight excluding hydrogens is 318 g/mol. The van der Waals surface area contributed by atoms with Crippen molar-refractivity contribution in [2.24, 2.45) is 0 Å². The van der Waals surface area contributed by atoms with Gasteiger partial charge in [-0.05, 0) is 38.1 Å². The van der Waals surface area contributed by atoms with Gasteiger partial charge in [-0.2, -0.15) is 5.10 Å². The van der Waals surface area contributed by atoms with Crippen LogP contribution in [0.15, 0.2) is 41.4 Å². The van der Waals surface area contributed by atoms with Gasteiger partial charge >= 0.3 is 0 Å². The number of hydrogen-bond acceptors (Lipinski definition) is 5. The van der Waals surface area contributed by atoms with E-state index in [-0.39, 0.29) is 10.9 Å². The van der Waals surface area contributed by atoms with E-state index in [0.29, 0.717) is 24.8 Å². The molecule has 0 atom stereocenters. The number of aromatic nitrogens is 2. The zero-order chi connectivity index (χ0) is 16.9. The summed E-state index contributed by atoms with van der Waals surface area (Å²) in [4.78, 5) is 0.160. The van der Waals surface area contributed by atoms with E-state index in [1.165, 1.54) is 12.1 Å². The Balaban J connectivity index is 2.11. The second kappa shape index (κ2) is 7.47. The van der Waals surface area contributed by atoms with Crippen molar-refractivity contribution in [3.63, 3.8) is 0 Å². The minimum absolute atomic E-state index is 0.0549. The van der Waals surface area contributed by atoms with E-state index in [4.69, 9.17) is 9.47 Å². The molecule has 1 N–H and O–H groups in total. The molecule has 0 amide bonds. The zero-order valence-corrected chi connectivity index (χ0v) is 14.2. The van der Waals surface area contributed by atoms with Crippen LogP contribution in [0, 0.1) is 0 Å². The number of sulfonamides is 1. The predicted octanol–water partition coefficient (Wildman–Crippen LogP) is 2.29. The molecule has 0 aliphatic carbocycles. The number of nitrogens with zero attached hydrogens (tertiary/aromatic N) is 2. The molecule has 8 heteroatoms. The second-order valence-corrected chi connectivity index (χ2v) is 6.86. The second-order valence-electron chi connectivity index (χ2n) is 5.17. The van der Waals surface area contributed by atoms with E-state index in [2.05, 4.69) is 9.82 Å². The van der Waals surface area contributed by atoms with Crippen molar-refractivity contribution in [2.45, 2.75) is 24.8 Å². The fourth-order valence-electron chi connectivity index (χ4n) is 1.96. The summed E-state index contributed by atoms with van der Waals surface area (Å²) in [6, 6.07) is 7.91. The Kier molecular flexibility index (Phi) is 5.62. The maximum absolute atomic E-state index is 12.4. The molecule has 1 aromatic carbocycles. The van der Waals surface area contributed by atoms with Crippen LogP contribution in [0.25, 0.3) is 0 Å². The summed E-state index contributed by atoms with van der Waals surface area (Å²) in [6.07, 6.45) is 1.56. The maximum atomic E-state index is 12.4. The molecule has 1 aromatic heterocycles. The van der Waals surface area contributed by atoms with E-state index in [0.717, 1.165) is 0 Å². The Morgan fingerprint density at radius 1 is 1.17 bits per heavy atom. The molecule has 0 spiro atoms. The number of ether oxygens (including phenoxy) is 2. The van der Waals surface area contributed by atoms with Crippen molar-refractivity contribution >= 4 is 15.8 Å². The van der Waals surface area contributed by atoms with E-state index in [9.17, 15) is 8.42 Å². The van der Waals surface area contributed by atoms with Crippen LogP contribution >= 0.6 is 0 Å². The van der Waals surface area contributed by atoms with Crippen LogP contribution in [0.4, 0.5) is 5.82 Å². The van der Waals surface area contributed by atoms with Gasteiger partial charge in [0, 0.05) is 19.2 Å². The van der Waals surface area contributed by atoms with Crippen molar-refractivity contribution < 1.29 is 17.9 Å². The Bertz CT molecular complexity index is 723. The Morgan fingerprint density at radius 3 is 2.48 bits per heavy atom.